The lowest BCUT2D eigenvalue weighted by atomic mass is 10.2. The lowest BCUT2D eigenvalue weighted by Crippen LogP contribution is -2.18. The van der Waals surface area contributed by atoms with Crippen molar-refractivity contribution in [3.8, 4) is 5.75 Å². The zero-order valence-electron chi connectivity index (χ0n) is 9.56. The van der Waals surface area contributed by atoms with Crippen LogP contribution in [0.2, 0.25) is 0 Å². The van der Waals surface area contributed by atoms with Gasteiger partial charge in [0.25, 0.3) is 5.91 Å². The van der Waals surface area contributed by atoms with Crippen LogP contribution in [0.5, 0.6) is 5.75 Å². The highest BCUT2D eigenvalue weighted by molar-refractivity contribution is 5.94. The van der Waals surface area contributed by atoms with Crippen molar-refractivity contribution in [3.05, 3.63) is 29.8 Å². The molecule has 4 heteroatoms. The molecule has 0 bridgehead atoms. The number of nitrogens with one attached hydrogen (secondary N) is 1. The molecule has 2 N–H and O–H groups in total. The molecule has 1 atom stereocenters. The summed E-state index contributed by atoms with van der Waals surface area (Å²) >= 11 is 0. The zero-order chi connectivity index (χ0) is 12.0. The molecule has 0 saturated heterocycles. The van der Waals surface area contributed by atoms with Crippen LogP contribution >= 0.6 is 0 Å². The average molecular weight is 223 g/mol. The van der Waals surface area contributed by atoms with Crippen LogP contribution in [0.1, 0.15) is 23.7 Å². The summed E-state index contributed by atoms with van der Waals surface area (Å²) in [6, 6.07) is 6.80. The van der Waals surface area contributed by atoms with E-state index in [-0.39, 0.29) is 12.5 Å². The molecule has 16 heavy (non-hydrogen) atoms. The van der Waals surface area contributed by atoms with Gasteiger partial charge in [0, 0.05) is 12.6 Å². The molecule has 0 aliphatic heterocycles. The van der Waals surface area contributed by atoms with Gasteiger partial charge in [0.05, 0.1) is 6.10 Å². The van der Waals surface area contributed by atoms with Crippen LogP contribution in [-0.4, -0.2) is 30.8 Å². The Morgan fingerprint density at radius 1 is 1.44 bits per heavy atom. The molecule has 0 fully saturated rings. The van der Waals surface area contributed by atoms with Crippen molar-refractivity contribution < 1.29 is 14.6 Å². The smallest absolute Gasteiger partial charge is 0.251 e. The first-order chi connectivity index (χ1) is 7.67. The van der Waals surface area contributed by atoms with Crippen LogP contribution in [0.4, 0.5) is 0 Å². The summed E-state index contributed by atoms with van der Waals surface area (Å²) in [6.45, 7) is 2.17. The number of carbonyl (C=O) groups excluding carboxylic acids is 1. The predicted octanol–water partition coefficient (Wildman–Crippen LogP) is 1.20. The van der Waals surface area contributed by atoms with Crippen molar-refractivity contribution in [1.29, 1.82) is 0 Å². The second-order valence-electron chi connectivity index (χ2n) is 3.48. The minimum absolute atomic E-state index is 0.125. The molecule has 0 spiro atoms. The summed E-state index contributed by atoms with van der Waals surface area (Å²) in [5, 5.41) is 11.9. The van der Waals surface area contributed by atoms with Gasteiger partial charge < -0.3 is 15.2 Å². The highest BCUT2D eigenvalue weighted by atomic mass is 16.5. The fourth-order valence-corrected chi connectivity index (χ4v) is 1.16. The van der Waals surface area contributed by atoms with Gasteiger partial charge >= 0.3 is 0 Å². The van der Waals surface area contributed by atoms with E-state index in [4.69, 9.17) is 4.74 Å². The van der Waals surface area contributed by atoms with Crippen LogP contribution in [-0.2, 0) is 0 Å². The number of aliphatic hydroxyl groups is 1. The second kappa shape index (κ2) is 6.12. The van der Waals surface area contributed by atoms with E-state index >= 15 is 0 Å². The molecular formula is C12H17NO3. The van der Waals surface area contributed by atoms with Gasteiger partial charge in [-0.15, -0.1) is 0 Å². The number of benzene rings is 1. The molecule has 1 aromatic rings. The SMILES string of the molecule is CC[C@H](O)COc1ccc(C(=O)NC)cc1. The third kappa shape index (κ3) is 3.55. The maximum absolute atomic E-state index is 11.2. The van der Waals surface area contributed by atoms with E-state index in [2.05, 4.69) is 5.32 Å². The molecule has 88 valence electrons. The van der Waals surface area contributed by atoms with Crippen LogP contribution in [0.3, 0.4) is 0 Å². The first kappa shape index (κ1) is 12.5. The van der Waals surface area contributed by atoms with Crippen molar-refractivity contribution in [3.63, 3.8) is 0 Å². The fourth-order valence-electron chi connectivity index (χ4n) is 1.16. The molecule has 4 nitrogen and oxygen atoms in total. The molecule has 1 rings (SSSR count). The van der Waals surface area contributed by atoms with E-state index in [1.165, 1.54) is 0 Å². The summed E-state index contributed by atoms with van der Waals surface area (Å²) in [5.41, 5.74) is 0.589. The van der Waals surface area contributed by atoms with Gasteiger partial charge in [0.1, 0.15) is 12.4 Å². The van der Waals surface area contributed by atoms with Crippen molar-refractivity contribution in [1.82, 2.24) is 5.32 Å². The van der Waals surface area contributed by atoms with Crippen LogP contribution in [0, 0.1) is 0 Å². The number of ether oxygens (including phenoxy) is 1. The summed E-state index contributed by atoms with van der Waals surface area (Å²) < 4.78 is 5.35. The van der Waals surface area contributed by atoms with Crippen LogP contribution in [0.25, 0.3) is 0 Å². The Labute approximate surface area is 95.2 Å². The minimum Gasteiger partial charge on any atom is -0.491 e. The standard InChI is InChI=1S/C12H17NO3/c1-3-10(14)8-16-11-6-4-9(5-7-11)12(15)13-2/h4-7,10,14H,3,8H2,1-2H3,(H,13,15)/t10-/m0/s1. The molecule has 1 aromatic carbocycles. The fraction of sp³-hybridized carbons (Fsp3) is 0.417. The van der Waals surface area contributed by atoms with E-state index in [0.29, 0.717) is 17.7 Å². The highest BCUT2D eigenvalue weighted by Gasteiger charge is 2.04. The van der Waals surface area contributed by atoms with E-state index in [0.717, 1.165) is 0 Å². The monoisotopic (exact) mass is 223 g/mol. The number of aliphatic hydroxyl groups excluding tert-OH is 1. The number of hydrogen-bond donors (Lipinski definition) is 2. The second-order valence-corrected chi connectivity index (χ2v) is 3.48. The highest BCUT2D eigenvalue weighted by Crippen LogP contribution is 2.12. The van der Waals surface area contributed by atoms with E-state index < -0.39 is 6.10 Å². The third-order valence-electron chi connectivity index (χ3n) is 2.26. The van der Waals surface area contributed by atoms with Gasteiger partial charge in [0.2, 0.25) is 0 Å². The molecular weight excluding hydrogens is 206 g/mol. The maximum atomic E-state index is 11.2. The minimum atomic E-state index is -0.446. The molecule has 0 unspecified atom stereocenters. The molecule has 0 saturated carbocycles. The summed E-state index contributed by atoms with van der Waals surface area (Å²) in [6.07, 6.45) is 0.217. The van der Waals surface area contributed by atoms with Gasteiger partial charge in [-0.25, -0.2) is 0 Å². The Hall–Kier alpha value is -1.55. The Balaban J connectivity index is 2.54. The Morgan fingerprint density at radius 2 is 2.06 bits per heavy atom. The van der Waals surface area contributed by atoms with Crippen molar-refractivity contribution in [2.45, 2.75) is 19.4 Å². The van der Waals surface area contributed by atoms with Gasteiger partial charge in [0.15, 0.2) is 0 Å². The molecule has 0 heterocycles. The van der Waals surface area contributed by atoms with Crippen LogP contribution in [0.15, 0.2) is 24.3 Å². The van der Waals surface area contributed by atoms with Gasteiger partial charge in [-0.3, -0.25) is 4.79 Å². The summed E-state index contributed by atoms with van der Waals surface area (Å²) in [5.74, 6) is 0.528. The number of carbonyl (C=O) groups is 1. The lowest BCUT2D eigenvalue weighted by Gasteiger charge is -2.10. The van der Waals surface area contributed by atoms with Crippen molar-refractivity contribution >= 4 is 5.91 Å². The average Bonchev–Trinajstić information content (AvgIpc) is 2.35. The quantitative estimate of drug-likeness (QED) is 0.788. The molecule has 0 aliphatic carbocycles. The van der Waals surface area contributed by atoms with Crippen LogP contribution < -0.4 is 10.1 Å². The zero-order valence-corrected chi connectivity index (χ0v) is 9.56. The summed E-state index contributed by atoms with van der Waals surface area (Å²) in [7, 11) is 1.59. The lowest BCUT2D eigenvalue weighted by molar-refractivity contribution is 0.0961. The number of hydrogen-bond acceptors (Lipinski definition) is 3. The molecule has 0 aliphatic rings. The normalized spacial score (nSPS) is 11.9. The van der Waals surface area contributed by atoms with E-state index in [9.17, 15) is 9.90 Å². The third-order valence-corrected chi connectivity index (χ3v) is 2.26. The van der Waals surface area contributed by atoms with Crippen molar-refractivity contribution in [2.75, 3.05) is 13.7 Å². The van der Waals surface area contributed by atoms with Crippen molar-refractivity contribution in [2.24, 2.45) is 0 Å². The van der Waals surface area contributed by atoms with E-state index in [1.54, 1.807) is 31.3 Å². The maximum Gasteiger partial charge on any atom is 0.251 e. The Kier molecular flexibility index (Phi) is 4.79. The predicted molar refractivity (Wildman–Crippen MR) is 61.6 cm³/mol. The number of amides is 1. The Bertz CT molecular complexity index is 335. The van der Waals surface area contributed by atoms with E-state index in [1.807, 2.05) is 6.92 Å². The topological polar surface area (TPSA) is 58.6 Å². The van der Waals surface area contributed by atoms with Gasteiger partial charge in [-0.1, -0.05) is 6.92 Å². The number of rotatable bonds is 5. The molecule has 0 aromatic heterocycles. The molecule has 1 amide bonds. The first-order valence-electron chi connectivity index (χ1n) is 5.30. The summed E-state index contributed by atoms with van der Waals surface area (Å²) in [4.78, 5) is 11.2. The largest absolute Gasteiger partial charge is 0.491 e. The Morgan fingerprint density at radius 3 is 2.56 bits per heavy atom. The molecule has 0 radical (unpaired) electrons. The van der Waals surface area contributed by atoms with Gasteiger partial charge in [-0.2, -0.15) is 0 Å². The first-order valence-corrected chi connectivity index (χ1v) is 5.30. The van der Waals surface area contributed by atoms with Gasteiger partial charge in [-0.05, 0) is 30.7 Å².